The number of nitrogens with zero attached hydrogens (tertiary/aromatic N) is 4. The van der Waals surface area contributed by atoms with Gasteiger partial charge < -0.3 is 10.2 Å². The van der Waals surface area contributed by atoms with Crippen molar-refractivity contribution >= 4 is 41.8 Å². The van der Waals surface area contributed by atoms with Crippen LogP contribution in [0.2, 0.25) is 0 Å². The first kappa shape index (κ1) is 25.1. The van der Waals surface area contributed by atoms with Crippen LogP contribution in [0.3, 0.4) is 0 Å². The number of hydrogen-bond donors (Lipinski definition) is 1. The number of likely N-dealkylation sites (tertiary alicyclic amines) is 1. The molecule has 1 aliphatic rings. The molecule has 8 nitrogen and oxygen atoms in total. The van der Waals surface area contributed by atoms with Crippen LogP contribution in [-0.4, -0.2) is 51.6 Å². The Morgan fingerprint density at radius 2 is 1.79 bits per heavy atom. The second kappa shape index (κ2) is 10.2. The van der Waals surface area contributed by atoms with Gasteiger partial charge in [0.2, 0.25) is 0 Å². The van der Waals surface area contributed by atoms with Gasteiger partial charge in [-0.3, -0.25) is 18.7 Å². The van der Waals surface area contributed by atoms with Gasteiger partial charge in [-0.05, 0) is 57.3 Å². The summed E-state index contributed by atoms with van der Waals surface area (Å²) in [7, 11) is 4.96. The summed E-state index contributed by atoms with van der Waals surface area (Å²) in [5.41, 5.74) is 0.368. The first-order chi connectivity index (χ1) is 12.8. The number of nitrogens with one attached hydrogen (secondary N) is 1. The smallest absolute Gasteiger partial charge is 0.332 e. The van der Waals surface area contributed by atoms with Crippen LogP contribution in [0.5, 0.6) is 0 Å². The second-order valence-electron chi connectivity index (χ2n) is 7.36. The second-order valence-corrected chi connectivity index (χ2v) is 7.36. The summed E-state index contributed by atoms with van der Waals surface area (Å²) >= 11 is 0. The lowest BCUT2D eigenvalue weighted by atomic mass is 9.93. The molecular formula is C19H29Cl2N5O3. The van der Waals surface area contributed by atoms with Crippen molar-refractivity contribution in [1.82, 2.24) is 24.3 Å². The highest BCUT2D eigenvalue weighted by molar-refractivity contribution is 5.95. The maximum absolute atomic E-state index is 12.9. The highest BCUT2D eigenvalue weighted by Crippen LogP contribution is 2.22. The van der Waals surface area contributed by atoms with E-state index in [1.807, 2.05) is 11.9 Å². The molecule has 10 heteroatoms. The lowest BCUT2D eigenvalue weighted by Gasteiger charge is -2.32. The average molecular weight is 446 g/mol. The maximum atomic E-state index is 12.9. The van der Waals surface area contributed by atoms with Crippen molar-refractivity contribution in [2.24, 2.45) is 20.0 Å². The van der Waals surface area contributed by atoms with Crippen LogP contribution in [0.1, 0.15) is 35.3 Å². The van der Waals surface area contributed by atoms with Crippen LogP contribution in [-0.2, 0) is 14.1 Å². The van der Waals surface area contributed by atoms with E-state index in [9.17, 15) is 14.4 Å². The van der Waals surface area contributed by atoms with Gasteiger partial charge in [-0.1, -0.05) is 0 Å². The van der Waals surface area contributed by atoms with Crippen molar-refractivity contribution in [2.75, 3.05) is 26.7 Å². The van der Waals surface area contributed by atoms with E-state index in [1.165, 1.54) is 11.6 Å². The zero-order valence-corrected chi connectivity index (χ0v) is 18.9. The highest BCUT2D eigenvalue weighted by atomic mass is 35.5. The minimum absolute atomic E-state index is 0. The number of halogens is 2. The van der Waals surface area contributed by atoms with Crippen molar-refractivity contribution in [3.63, 3.8) is 0 Å². The molecule has 1 aliphatic heterocycles. The van der Waals surface area contributed by atoms with Gasteiger partial charge in [0.1, 0.15) is 11.3 Å². The van der Waals surface area contributed by atoms with Gasteiger partial charge in [0.15, 0.2) is 0 Å². The topological polar surface area (TPSA) is 89.2 Å². The molecule has 0 bridgehead atoms. The Labute approximate surface area is 182 Å². The van der Waals surface area contributed by atoms with Gasteiger partial charge in [0.25, 0.3) is 11.5 Å². The van der Waals surface area contributed by atoms with Crippen LogP contribution in [0.25, 0.3) is 11.0 Å². The third kappa shape index (κ3) is 4.82. The standard InChI is InChI=1S/C19H27N5O3.2ClH/c1-12-11-14(17(25)24-9-6-13(7-10-24)5-8-20-2)21-16-15(12)18(26)23(4)19(27)22(16)3;;/h11,13,20H,5-10H2,1-4H3;2*1H. The molecule has 0 atom stereocenters. The molecule has 0 unspecified atom stereocenters. The van der Waals surface area contributed by atoms with Gasteiger partial charge in [-0.2, -0.15) is 0 Å². The quantitative estimate of drug-likeness (QED) is 0.764. The molecule has 2 aromatic heterocycles. The van der Waals surface area contributed by atoms with Crippen molar-refractivity contribution in [3.8, 4) is 0 Å². The van der Waals surface area contributed by atoms with E-state index in [1.54, 1.807) is 20.0 Å². The van der Waals surface area contributed by atoms with Gasteiger partial charge in [0, 0.05) is 27.2 Å². The van der Waals surface area contributed by atoms with Gasteiger partial charge in [-0.15, -0.1) is 24.8 Å². The predicted octanol–water partition coefficient (Wildman–Crippen LogP) is 1.25. The fourth-order valence-corrected chi connectivity index (χ4v) is 3.78. The Kier molecular flexibility index (Phi) is 8.86. The van der Waals surface area contributed by atoms with Crippen LogP contribution in [0.4, 0.5) is 0 Å². The number of hydrogen-bond acceptors (Lipinski definition) is 5. The number of pyridine rings is 1. The molecule has 0 aromatic carbocycles. The summed E-state index contributed by atoms with van der Waals surface area (Å²) in [6.07, 6.45) is 3.09. The molecule has 29 heavy (non-hydrogen) atoms. The average Bonchev–Trinajstić information content (AvgIpc) is 2.68. The first-order valence-corrected chi connectivity index (χ1v) is 9.36. The molecule has 1 amide bonds. The molecule has 2 aromatic rings. The van der Waals surface area contributed by atoms with Gasteiger partial charge in [0.05, 0.1) is 5.39 Å². The summed E-state index contributed by atoms with van der Waals surface area (Å²) in [5, 5.41) is 3.55. The van der Waals surface area contributed by atoms with E-state index in [0.717, 1.165) is 30.4 Å². The zero-order valence-electron chi connectivity index (χ0n) is 17.2. The largest absolute Gasteiger partial charge is 0.337 e. The lowest BCUT2D eigenvalue weighted by molar-refractivity contribution is 0.0681. The fraction of sp³-hybridized carbons (Fsp3) is 0.579. The summed E-state index contributed by atoms with van der Waals surface area (Å²) < 4.78 is 2.39. The molecule has 0 spiro atoms. The normalized spacial score (nSPS) is 14.4. The van der Waals surface area contributed by atoms with Crippen molar-refractivity contribution < 1.29 is 4.79 Å². The van der Waals surface area contributed by atoms with E-state index >= 15 is 0 Å². The highest BCUT2D eigenvalue weighted by Gasteiger charge is 2.25. The van der Waals surface area contributed by atoms with Crippen molar-refractivity contribution in [1.29, 1.82) is 0 Å². The number of aromatic nitrogens is 3. The predicted molar refractivity (Wildman–Crippen MR) is 119 cm³/mol. The summed E-state index contributed by atoms with van der Waals surface area (Å²) in [6.45, 7) is 4.19. The number of rotatable bonds is 4. The molecule has 0 aliphatic carbocycles. The number of carbonyl (C=O) groups excluding carboxylic acids is 1. The van der Waals surface area contributed by atoms with Crippen molar-refractivity contribution in [3.05, 3.63) is 38.2 Å². The van der Waals surface area contributed by atoms with Crippen LogP contribution < -0.4 is 16.6 Å². The third-order valence-corrected chi connectivity index (χ3v) is 5.53. The zero-order chi connectivity index (χ0) is 19.7. The Balaban J connectivity index is 0.00000210. The fourth-order valence-electron chi connectivity index (χ4n) is 3.78. The van der Waals surface area contributed by atoms with Crippen LogP contribution in [0.15, 0.2) is 15.7 Å². The molecule has 3 rings (SSSR count). The molecule has 1 N–H and O–H groups in total. The number of piperidine rings is 1. The van der Waals surface area contributed by atoms with E-state index in [0.29, 0.717) is 30.0 Å². The Bertz CT molecular complexity index is 994. The molecule has 162 valence electrons. The van der Waals surface area contributed by atoms with Gasteiger partial charge in [-0.25, -0.2) is 9.78 Å². The van der Waals surface area contributed by atoms with E-state index in [2.05, 4.69) is 10.3 Å². The number of fused-ring (bicyclic) bond motifs is 1. The Hall–Kier alpha value is -1.90. The Morgan fingerprint density at radius 1 is 1.17 bits per heavy atom. The van der Waals surface area contributed by atoms with E-state index < -0.39 is 5.69 Å². The van der Waals surface area contributed by atoms with Crippen LogP contribution >= 0.6 is 24.8 Å². The number of carbonyl (C=O) groups is 1. The minimum atomic E-state index is -0.450. The molecular weight excluding hydrogens is 417 g/mol. The van der Waals surface area contributed by atoms with E-state index in [4.69, 9.17) is 0 Å². The minimum Gasteiger partial charge on any atom is -0.337 e. The molecule has 1 fully saturated rings. The summed E-state index contributed by atoms with van der Waals surface area (Å²) in [4.78, 5) is 43.8. The summed E-state index contributed by atoms with van der Waals surface area (Å²) in [6, 6.07) is 1.66. The number of aryl methyl sites for hydroxylation is 2. The van der Waals surface area contributed by atoms with E-state index in [-0.39, 0.29) is 47.6 Å². The lowest BCUT2D eigenvalue weighted by Crippen LogP contribution is -2.40. The third-order valence-electron chi connectivity index (χ3n) is 5.53. The monoisotopic (exact) mass is 445 g/mol. The molecule has 3 heterocycles. The molecule has 0 saturated carbocycles. The first-order valence-electron chi connectivity index (χ1n) is 9.36. The van der Waals surface area contributed by atoms with Crippen LogP contribution in [0, 0.1) is 12.8 Å². The summed E-state index contributed by atoms with van der Waals surface area (Å²) in [5.74, 6) is 0.497. The Morgan fingerprint density at radius 3 is 2.38 bits per heavy atom. The SMILES string of the molecule is CNCCC1CCN(C(=O)c2cc(C)c3c(=O)n(C)c(=O)n(C)c3n2)CC1.Cl.Cl. The molecule has 0 radical (unpaired) electrons. The maximum Gasteiger partial charge on any atom is 0.332 e. The molecule has 1 saturated heterocycles. The van der Waals surface area contributed by atoms with Gasteiger partial charge >= 0.3 is 5.69 Å². The number of amides is 1. The van der Waals surface area contributed by atoms with Crippen molar-refractivity contribution in [2.45, 2.75) is 26.2 Å².